The zero-order chi connectivity index (χ0) is 28.4. The number of aromatic amines is 1. The van der Waals surface area contributed by atoms with Crippen molar-refractivity contribution < 1.29 is 33.3 Å². The van der Waals surface area contributed by atoms with Gasteiger partial charge in [-0.3, -0.25) is 4.79 Å². The maximum Gasteiger partial charge on any atom is 0.408 e. The van der Waals surface area contributed by atoms with Gasteiger partial charge < -0.3 is 34.1 Å². The number of hydrogen-bond donors (Lipinski definition) is 2. The molecule has 1 aliphatic heterocycles. The molecule has 2 amide bonds. The summed E-state index contributed by atoms with van der Waals surface area (Å²) in [7, 11) is 4.46. The number of fused-ring (bicyclic) bond motifs is 3. The van der Waals surface area contributed by atoms with E-state index in [9.17, 15) is 14.4 Å². The van der Waals surface area contributed by atoms with Crippen LogP contribution in [0.25, 0.3) is 10.9 Å². The first-order valence-corrected chi connectivity index (χ1v) is 13.0. The van der Waals surface area contributed by atoms with Gasteiger partial charge >= 0.3 is 12.1 Å². The lowest BCUT2D eigenvalue weighted by atomic mass is 9.87. The molecule has 3 rings (SSSR count). The van der Waals surface area contributed by atoms with E-state index in [1.165, 1.54) is 7.11 Å². The van der Waals surface area contributed by atoms with Crippen molar-refractivity contribution in [2.75, 3.05) is 21.3 Å². The SMILES string of the molecule is CCC(C)(C)OC(=O)N[C@@H](C)C(=O)N1[C@H](C(=O)OC)Cc2c([nH]c3cc(OC)c(OC)cc23)[C@@H]1CC(C)C. The minimum absolute atomic E-state index is 0.202. The van der Waals surface area contributed by atoms with Crippen LogP contribution in [0.5, 0.6) is 11.5 Å². The molecule has 1 aliphatic rings. The molecule has 210 valence electrons. The molecule has 10 heteroatoms. The van der Waals surface area contributed by atoms with Crippen molar-refractivity contribution in [3.8, 4) is 11.5 Å². The maximum atomic E-state index is 13.9. The highest BCUT2D eigenvalue weighted by Gasteiger charge is 2.45. The summed E-state index contributed by atoms with van der Waals surface area (Å²) in [5.41, 5.74) is 1.92. The van der Waals surface area contributed by atoms with Gasteiger partial charge in [-0.05, 0) is 51.2 Å². The lowest BCUT2D eigenvalue weighted by Gasteiger charge is -2.42. The third-order valence-corrected chi connectivity index (χ3v) is 7.19. The lowest BCUT2D eigenvalue weighted by Crippen LogP contribution is -2.57. The van der Waals surface area contributed by atoms with Crippen LogP contribution >= 0.6 is 0 Å². The number of methoxy groups -OCH3 is 3. The van der Waals surface area contributed by atoms with E-state index in [4.69, 9.17) is 18.9 Å². The van der Waals surface area contributed by atoms with E-state index in [-0.39, 0.29) is 12.3 Å². The predicted molar refractivity (Wildman–Crippen MR) is 143 cm³/mol. The molecule has 2 N–H and O–H groups in total. The van der Waals surface area contributed by atoms with E-state index in [0.29, 0.717) is 24.3 Å². The molecule has 3 atom stereocenters. The van der Waals surface area contributed by atoms with Crippen LogP contribution in [0.2, 0.25) is 0 Å². The Kier molecular flexibility index (Phi) is 8.84. The zero-order valence-electron chi connectivity index (χ0n) is 23.9. The average Bonchev–Trinajstić information content (AvgIpc) is 3.23. The van der Waals surface area contributed by atoms with Crippen molar-refractivity contribution in [3.05, 3.63) is 23.4 Å². The van der Waals surface area contributed by atoms with Gasteiger partial charge in [0.2, 0.25) is 5.91 Å². The highest BCUT2D eigenvalue weighted by Crippen LogP contribution is 2.43. The quantitative estimate of drug-likeness (QED) is 0.457. The second-order valence-corrected chi connectivity index (χ2v) is 10.8. The molecule has 0 aliphatic carbocycles. The highest BCUT2D eigenvalue weighted by atomic mass is 16.6. The van der Waals surface area contributed by atoms with Crippen molar-refractivity contribution in [3.63, 3.8) is 0 Å². The van der Waals surface area contributed by atoms with Crippen LogP contribution < -0.4 is 14.8 Å². The molecule has 0 saturated heterocycles. The number of nitrogens with zero attached hydrogens (tertiary/aromatic N) is 1. The molecular formula is C28H41N3O7. The van der Waals surface area contributed by atoms with Gasteiger partial charge in [0, 0.05) is 29.1 Å². The second-order valence-electron chi connectivity index (χ2n) is 10.8. The first-order valence-electron chi connectivity index (χ1n) is 13.0. The summed E-state index contributed by atoms with van der Waals surface area (Å²) in [6.07, 6.45) is 0.773. The van der Waals surface area contributed by atoms with Crippen LogP contribution in [0, 0.1) is 5.92 Å². The summed E-state index contributed by atoms with van der Waals surface area (Å²) in [6.45, 7) is 11.2. The molecule has 38 heavy (non-hydrogen) atoms. The van der Waals surface area contributed by atoms with Crippen molar-refractivity contribution in [1.29, 1.82) is 0 Å². The Morgan fingerprint density at radius 2 is 1.74 bits per heavy atom. The van der Waals surface area contributed by atoms with Crippen molar-refractivity contribution in [1.82, 2.24) is 15.2 Å². The van der Waals surface area contributed by atoms with Crippen molar-refractivity contribution in [2.24, 2.45) is 5.92 Å². The maximum absolute atomic E-state index is 13.9. The first-order chi connectivity index (χ1) is 17.9. The molecule has 0 radical (unpaired) electrons. The Balaban J connectivity index is 2.08. The number of aromatic nitrogens is 1. The number of amides is 2. The molecule has 0 fully saturated rings. The van der Waals surface area contributed by atoms with Gasteiger partial charge in [-0.15, -0.1) is 0 Å². The molecule has 0 spiro atoms. The normalized spacial score (nSPS) is 18.1. The molecule has 1 aromatic carbocycles. The number of benzene rings is 1. The van der Waals surface area contributed by atoms with Gasteiger partial charge in [0.1, 0.15) is 17.7 Å². The molecule has 0 bridgehead atoms. The molecule has 10 nitrogen and oxygen atoms in total. The number of hydrogen-bond acceptors (Lipinski definition) is 7. The molecule has 0 saturated carbocycles. The van der Waals surface area contributed by atoms with Crippen LogP contribution in [-0.4, -0.2) is 66.9 Å². The highest BCUT2D eigenvalue weighted by molar-refractivity contribution is 5.93. The van der Waals surface area contributed by atoms with E-state index < -0.39 is 41.7 Å². The van der Waals surface area contributed by atoms with E-state index in [1.807, 2.05) is 19.1 Å². The average molecular weight is 532 g/mol. The Hall–Kier alpha value is -3.43. The van der Waals surface area contributed by atoms with E-state index in [2.05, 4.69) is 24.1 Å². The summed E-state index contributed by atoms with van der Waals surface area (Å²) >= 11 is 0. The monoisotopic (exact) mass is 531 g/mol. The molecule has 2 heterocycles. The fourth-order valence-electron chi connectivity index (χ4n) is 4.88. The van der Waals surface area contributed by atoms with Gasteiger partial charge in [-0.25, -0.2) is 9.59 Å². The number of carbonyl (C=O) groups excluding carboxylic acids is 3. The van der Waals surface area contributed by atoms with Gasteiger partial charge in [-0.1, -0.05) is 20.8 Å². The molecule has 2 aromatic rings. The van der Waals surface area contributed by atoms with Gasteiger partial charge in [0.25, 0.3) is 0 Å². The fourth-order valence-corrected chi connectivity index (χ4v) is 4.88. The minimum atomic E-state index is -0.928. The minimum Gasteiger partial charge on any atom is -0.493 e. The third-order valence-electron chi connectivity index (χ3n) is 7.19. The largest absolute Gasteiger partial charge is 0.493 e. The fraction of sp³-hybridized carbons (Fsp3) is 0.607. The van der Waals surface area contributed by atoms with Crippen LogP contribution in [0.1, 0.15) is 71.7 Å². The number of H-pyrrole nitrogens is 1. The Morgan fingerprint density at radius 1 is 1.11 bits per heavy atom. The summed E-state index contributed by atoms with van der Waals surface area (Å²) in [5, 5.41) is 3.54. The predicted octanol–water partition coefficient (Wildman–Crippen LogP) is 4.50. The standard InChI is InChI=1S/C28H41N3O7/c1-10-28(5,6)38-27(34)29-16(4)25(32)31-20(11-15(2)3)24-18(12-21(31)26(33)37-9)17-13-22(35-7)23(36-8)14-19(17)30-24/h13-16,20-21,30H,10-12H2,1-9H3,(H,29,34)/t16-,20-,21-/m0/s1. The molecule has 1 aromatic heterocycles. The lowest BCUT2D eigenvalue weighted by molar-refractivity contribution is -0.157. The van der Waals surface area contributed by atoms with E-state index in [1.54, 1.807) is 39.9 Å². The van der Waals surface area contributed by atoms with E-state index in [0.717, 1.165) is 22.2 Å². The number of alkyl carbamates (subject to hydrolysis) is 1. The number of nitrogens with one attached hydrogen (secondary N) is 2. The molecular weight excluding hydrogens is 490 g/mol. The van der Waals surface area contributed by atoms with Crippen LogP contribution in [0.4, 0.5) is 4.79 Å². The summed E-state index contributed by atoms with van der Waals surface area (Å²) < 4.78 is 21.6. The Labute approximate surface area is 224 Å². The van der Waals surface area contributed by atoms with E-state index >= 15 is 0 Å². The van der Waals surface area contributed by atoms with Crippen LogP contribution in [0.15, 0.2) is 12.1 Å². The number of carbonyl (C=O) groups is 3. The van der Waals surface area contributed by atoms with Crippen LogP contribution in [0.3, 0.4) is 0 Å². The summed E-state index contributed by atoms with van der Waals surface area (Å²) in [4.78, 5) is 44.6. The van der Waals surface area contributed by atoms with Gasteiger partial charge in [-0.2, -0.15) is 0 Å². The second kappa shape index (κ2) is 11.5. The first kappa shape index (κ1) is 29.1. The smallest absolute Gasteiger partial charge is 0.408 e. The summed E-state index contributed by atoms with van der Waals surface area (Å²) in [6, 6.07) is 1.49. The Morgan fingerprint density at radius 3 is 2.29 bits per heavy atom. The summed E-state index contributed by atoms with van der Waals surface area (Å²) in [5.74, 6) is 0.435. The van der Waals surface area contributed by atoms with Crippen molar-refractivity contribution >= 4 is 28.9 Å². The van der Waals surface area contributed by atoms with Gasteiger partial charge in [0.15, 0.2) is 11.5 Å². The third kappa shape index (κ3) is 5.84. The van der Waals surface area contributed by atoms with Gasteiger partial charge in [0.05, 0.1) is 27.4 Å². The number of ether oxygens (including phenoxy) is 4. The molecule has 0 unspecified atom stereocenters. The van der Waals surface area contributed by atoms with Crippen molar-refractivity contribution in [2.45, 2.75) is 84.5 Å². The number of rotatable bonds is 9. The zero-order valence-corrected chi connectivity index (χ0v) is 23.9. The topological polar surface area (TPSA) is 119 Å². The number of esters is 1. The van der Waals surface area contributed by atoms with Crippen LogP contribution in [-0.2, 0) is 25.5 Å². The Bertz CT molecular complexity index is 1190.